The van der Waals surface area contributed by atoms with E-state index in [1.54, 1.807) is 6.20 Å². The molecule has 1 amide bonds. The fraction of sp³-hybridized carbons (Fsp3) is 0.400. The zero-order valence-electron chi connectivity index (χ0n) is 14.6. The van der Waals surface area contributed by atoms with Crippen LogP contribution in [-0.2, 0) is 0 Å². The number of pyridine rings is 1. The molecule has 2 aromatic rings. The summed E-state index contributed by atoms with van der Waals surface area (Å²) in [6, 6.07) is 10.1. The lowest BCUT2D eigenvalue weighted by Gasteiger charge is -2.32. The number of aromatic nitrogens is 1. The van der Waals surface area contributed by atoms with Crippen LogP contribution in [0.2, 0.25) is 0 Å². The van der Waals surface area contributed by atoms with Gasteiger partial charge in [0.1, 0.15) is 6.61 Å². The molecule has 0 unspecified atom stereocenters. The molecule has 3 heterocycles. The highest BCUT2D eigenvalue weighted by atomic mass is 16.5. The third-order valence-electron chi connectivity index (χ3n) is 4.96. The van der Waals surface area contributed by atoms with Gasteiger partial charge in [-0.05, 0) is 43.9 Å². The number of ether oxygens (including phenoxy) is 1. The molecule has 0 radical (unpaired) electrons. The first-order valence-electron chi connectivity index (χ1n) is 8.99. The number of fused-ring (bicyclic) bond motifs is 1. The van der Waals surface area contributed by atoms with Crippen molar-refractivity contribution in [3.05, 3.63) is 47.7 Å². The average Bonchev–Trinajstić information content (AvgIpc) is 2.68. The zero-order chi connectivity index (χ0) is 17.2. The Labute approximate surface area is 148 Å². The minimum absolute atomic E-state index is 0.0617. The van der Waals surface area contributed by atoms with E-state index in [1.807, 2.05) is 23.1 Å². The van der Waals surface area contributed by atoms with Crippen molar-refractivity contribution in [3.8, 4) is 5.75 Å². The smallest absolute Gasteiger partial charge is 0.255 e. The number of piperidine rings is 1. The number of benzene rings is 1. The van der Waals surface area contributed by atoms with Gasteiger partial charge in [0.25, 0.3) is 5.91 Å². The number of hydrogen-bond donors (Lipinski definition) is 0. The van der Waals surface area contributed by atoms with Crippen LogP contribution in [-0.4, -0.2) is 42.0 Å². The summed E-state index contributed by atoms with van der Waals surface area (Å²) in [7, 11) is 0. The first kappa shape index (κ1) is 15.9. The standard InChI is InChI=1S/C20H23N3O2/c1-15-7-3-4-8-17(15)23-11-12-25-18-13-16(14-21-19(18)23)20(24)22-9-5-2-6-10-22/h3-4,7-8,13-14H,2,5-6,9-12H2,1H3. The maximum atomic E-state index is 12.7. The summed E-state index contributed by atoms with van der Waals surface area (Å²) in [5, 5.41) is 0. The Morgan fingerprint density at radius 3 is 2.72 bits per heavy atom. The Hall–Kier alpha value is -2.56. The van der Waals surface area contributed by atoms with Gasteiger partial charge in [0, 0.05) is 25.0 Å². The van der Waals surface area contributed by atoms with E-state index < -0.39 is 0 Å². The lowest BCUT2D eigenvalue weighted by atomic mass is 10.1. The summed E-state index contributed by atoms with van der Waals surface area (Å²) in [5.74, 6) is 1.54. The van der Waals surface area contributed by atoms with Crippen LogP contribution >= 0.6 is 0 Å². The SMILES string of the molecule is Cc1ccccc1N1CCOc2cc(C(=O)N3CCCCC3)cnc21. The molecule has 130 valence electrons. The number of hydrogen-bond acceptors (Lipinski definition) is 4. The van der Waals surface area contributed by atoms with Crippen LogP contribution in [0.1, 0.15) is 35.2 Å². The van der Waals surface area contributed by atoms with Gasteiger partial charge in [-0.15, -0.1) is 0 Å². The molecule has 2 aliphatic heterocycles. The molecule has 0 saturated carbocycles. The third kappa shape index (κ3) is 3.06. The van der Waals surface area contributed by atoms with E-state index in [2.05, 4.69) is 28.9 Å². The Balaban J connectivity index is 1.64. The van der Waals surface area contributed by atoms with Crippen molar-refractivity contribution in [2.45, 2.75) is 26.2 Å². The van der Waals surface area contributed by atoms with Crippen LogP contribution < -0.4 is 9.64 Å². The van der Waals surface area contributed by atoms with Crippen molar-refractivity contribution < 1.29 is 9.53 Å². The summed E-state index contributed by atoms with van der Waals surface area (Å²) < 4.78 is 5.82. The van der Waals surface area contributed by atoms with Gasteiger partial charge < -0.3 is 14.5 Å². The largest absolute Gasteiger partial charge is 0.488 e. The van der Waals surface area contributed by atoms with E-state index in [4.69, 9.17) is 4.74 Å². The summed E-state index contributed by atoms with van der Waals surface area (Å²) in [4.78, 5) is 21.4. The van der Waals surface area contributed by atoms with E-state index in [-0.39, 0.29) is 5.91 Å². The fourth-order valence-electron chi connectivity index (χ4n) is 3.60. The molecule has 0 N–H and O–H groups in total. The number of amides is 1. The highest BCUT2D eigenvalue weighted by Gasteiger charge is 2.25. The summed E-state index contributed by atoms with van der Waals surface area (Å²) >= 11 is 0. The molecule has 0 spiro atoms. The normalized spacial score (nSPS) is 17.0. The van der Waals surface area contributed by atoms with Crippen molar-refractivity contribution in [2.24, 2.45) is 0 Å². The topological polar surface area (TPSA) is 45.7 Å². The van der Waals surface area contributed by atoms with Gasteiger partial charge >= 0.3 is 0 Å². The second-order valence-corrected chi connectivity index (χ2v) is 6.69. The molecule has 25 heavy (non-hydrogen) atoms. The van der Waals surface area contributed by atoms with Crippen LogP contribution in [0.4, 0.5) is 11.5 Å². The van der Waals surface area contributed by atoms with Crippen molar-refractivity contribution in [2.75, 3.05) is 31.1 Å². The number of carbonyl (C=O) groups is 1. The molecule has 4 rings (SSSR count). The van der Waals surface area contributed by atoms with Gasteiger partial charge in [0.05, 0.1) is 12.1 Å². The molecule has 2 aliphatic rings. The molecule has 0 aliphatic carbocycles. The molecule has 0 bridgehead atoms. The van der Waals surface area contributed by atoms with Gasteiger partial charge in [-0.25, -0.2) is 4.98 Å². The number of likely N-dealkylation sites (tertiary alicyclic amines) is 1. The Kier molecular flexibility index (Phi) is 4.30. The van der Waals surface area contributed by atoms with Gasteiger partial charge in [0.2, 0.25) is 0 Å². The van der Waals surface area contributed by atoms with E-state index in [0.29, 0.717) is 17.9 Å². The maximum absolute atomic E-state index is 12.7. The molecule has 1 aromatic carbocycles. The van der Waals surface area contributed by atoms with Crippen molar-refractivity contribution in [1.29, 1.82) is 0 Å². The second-order valence-electron chi connectivity index (χ2n) is 6.69. The predicted octanol–water partition coefficient (Wildman–Crippen LogP) is 3.55. The minimum atomic E-state index is 0.0617. The Bertz CT molecular complexity index is 784. The number of para-hydroxylation sites is 1. The molecular formula is C20H23N3O2. The number of anilines is 2. The lowest BCUT2D eigenvalue weighted by Crippen LogP contribution is -2.36. The highest BCUT2D eigenvalue weighted by molar-refractivity contribution is 5.95. The van der Waals surface area contributed by atoms with E-state index in [0.717, 1.165) is 44.0 Å². The second kappa shape index (κ2) is 6.75. The summed E-state index contributed by atoms with van der Waals surface area (Å²) in [5.41, 5.74) is 2.95. The Morgan fingerprint density at radius 2 is 1.92 bits per heavy atom. The third-order valence-corrected chi connectivity index (χ3v) is 4.96. The van der Waals surface area contributed by atoms with Crippen LogP contribution in [0.3, 0.4) is 0 Å². The van der Waals surface area contributed by atoms with Crippen LogP contribution in [0, 0.1) is 6.92 Å². The molecule has 1 aromatic heterocycles. The number of rotatable bonds is 2. The maximum Gasteiger partial charge on any atom is 0.255 e. The fourth-order valence-corrected chi connectivity index (χ4v) is 3.60. The number of nitrogens with zero attached hydrogens (tertiary/aromatic N) is 3. The van der Waals surface area contributed by atoms with Gasteiger partial charge in [-0.1, -0.05) is 18.2 Å². The zero-order valence-corrected chi connectivity index (χ0v) is 14.6. The Morgan fingerprint density at radius 1 is 1.12 bits per heavy atom. The van der Waals surface area contributed by atoms with Gasteiger partial charge in [-0.3, -0.25) is 4.79 Å². The highest BCUT2D eigenvalue weighted by Crippen LogP contribution is 2.36. The molecule has 1 fully saturated rings. The van der Waals surface area contributed by atoms with Crippen molar-refractivity contribution in [1.82, 2.24) is 9.88 Å². The predicted molar refractivity (Wildman–Crippen MR) is 97.7 cm³/mol. The minimum Gasteiger partial charge on any atom is -0.488 e. The van der Waals surface area contributed by atoms with E-state index in [1.165, 1.54) is 12.0 Å². The van der Waals surface area contributed by atoms with Crippen molar-refractivity contribution >= 4 is 17.4 Å². The number of aryl methyl sites for hydroxylation is 1. The van der Waals surface area contributed by atoms with Crippen LogP contribution in [0.15, 0.2) is 36.5 Å². The van der Waals surface area contributed by atoms with Gasteiger partial charge in [-0.2, -0.15) is 0 Å². The summed E-state index contributed by atoms with van der Waals surface area (Å²) in [6.45, 7) is 5.12. The first-order chi connectivity index (χ1) is 12.2. The molecule has 1 saturated heterocycles. The van der Waals surface area contributed by atoms with Crippen molar-refractivity contribution in [3.63, 3.8) is 0 Å². The summed E-state index contributed by atoms with van der Waals surface area (Å²) in [6.07, 6.45) is 5.07. The van der Waals surface area contributed by atoms with Crippen LogP contribution in [0.5, 0.6) is 5.75 Å². The quantitative estimate of drug-likeness (QED) is 0.841. The van der Waals surface area contributed by atoms with E-state index in [9.17, 15) is 4.79 Å². The van der Waals surface area contributed by atoms with Gasteiger partial charge in [0.15, 0.2) is 11.6 Å². The average molecular weight is 337 g/mol. The lowest BCUT2D eigenvalue weighted by molar-refractivity contribution is 0.0723. The van der Waals surface area contributed by atoms with Crippen LogP contribution in [0.25, 0.3) is 0 Å². The number of carbonyl (C=O) groups excluding carboxylic acids is 1. The molecular weight excluding hydrogens is 314 g/mol. The molecule has 0 atom stereocenters. The molecule has 5 heteroatoms. The molecule has 5 nitrogen and oxygen atoms in total. The van der Waals surface area contributed by atoms with E-state index >= 15 is 0 Å². The monoisotopic (exact) mass is 337 g/mol. The first-order valence-corrected chi connectivity index (χ1v) is 8.99.